The molecule has 1 saturated carbocycles. The van der Waals surface area contributed by atoms with E-state index in [2.05, 4.69) is 14.9 Å². The van der Waals surface area contributed by atoms with Crippen LogP contribution in [0, 0.1) is 5.92 Å². The van der Waals surface area contributed by atoms with Crippen LogP contribution in [0.25, 0.3) is 33.5 Å². The summed E-state index contributed by atoms with van der Waals surface area (Å²) in [6.45, 7) is 2.70. The SMILES string of the molecule is C[C@@H]1Cn2c(-c3ccc4oc(N)nc4c3)nc3cc(NC(C(N)=O)C4CC4)cc(c32)O1. The molecule has 2 aliphatic rings. The number of primary amides is 1. The van der Waals surface area contributed by atoms with Crippen molar-refractivity contribution in [3.8, 4) is 17.1 Å². The largest absolute Gasteiger partial charge is 0.487 e. The summed E-state index contributed by atoms with van der Waals surface area (Å²) in [7, 11) is 0. The maximum absolute atomic E-state index is 11.9. The molecule has 0 radical (unpaired) electrons. The van der Waals surface area contributed by atoms with Crippen LogP contribution in [0.3, 0.4) is 0 Å². The predicted molar refractivity (Wildman–Crippen MR) is 117 cm³/mol. The Morgan fingerprint density at radius 1 is 1.23 bits per heavy atom. The molecule has 0 saturated heterocycles. The number of carbonyl (C=O) groups is 1. The first-order valence-electron chi connectivity index (χ1n) is 10.4. The molecule has 9 nitrogen and oxygen atoms in total. The highest BCUT2D eigenvalue weighted by molar-refractivity contribution is 5.92. The van der Waals surface area contributed by atoms with Gasteiger partial charge in [0.2, 0.25) is 5.91 Å². The Labute approximate surface area is 177 Å². The number of nitrogens with one attached hydrogen (secondary N) is 1. The van der Waals surface area contributed by atoms with Gasteiger partial charge in [-0.3, -0.25) is 4.79 Å². The van der Waals surface area contributed by atoms with Crippen LogP contribution < -0.4 is 21.5 Å². The fourth-order valence-electron chi connectivity index (χ4n) is 4.43. The van der Waals surface area contributed by atoms with Crippen molar-refractivity contribution in [1.82, 2.24) is 14.5 Å². The van der Waals surface area contributed by atoms with E-state index in [0.717, 1.165) is 46.7 Å². The van der Waals surface area contributed by atoms with Gasteiger partial charge in [-0.15, -0.1) is 0 Å². The zero-order valence-corrected chi connectivity index (χ0v) is 17.0. The number of amides is 1. The molecule has 2 aromatic heterocycles. The molecule has 1 unspecified atom stereocenters. The van der Waals surface area contributed by atoms with Gasteiger partial charge in [-0.25, -0.2) is 4.98 Å². The van der Waals surface area contributed by atoms with Crippen molar-refractivity contribution in [3.05, 3.63) is 30.3 Å². The molecule has 6 rings (SSSR count). The second kappa shape index (κ2) is 6.37. The number of nitrogens with two attached hydrogens (primary N) is 2. The first-order chi connectivity index (χ1) is 15.0. The number of oxazole rings is 1. The van der Waals surface area contributed by atoms with Crippen molar-refractivity contribution < 1.29 is 13.9 Å². The van der Waals surface area contributed by atoms with Gasteiger partial charge in [0, 0.05) is 17.3 Å². The van der Waals surface area contributed by atoms with E-state index < -0.39 is 0 Å². The number of aromatic nitrogens is 3. The van der Waals surface area contributed by atoms with Crippen molar-refractivity contribution in [3.63, 3.8) is 0 Å². The normalized spacial score (nSPS) is 18.8. The third kappa shape index (κ3) is 2.96. The van der Waals surface area contributed by atoms with Crippen molar-refractivity contribution in [2.75, 3.05) is 11.1 Å². The number of benzene rings is 2. The number of imidazole rings is 1. The average Bonchev–Trinajstić information content (AvgIpc) is 3.39. The Balaban J connectivity index is 1.48. The molecule has 2 aromatic carbocycles. The van der Waals surface area contributed by atoms with Gasteiger partial charge in [0.25, 0.3) is 6.01 Å². The number of carbonyl (C=O) groups excluding carboxylic acids is 1. The summed E-state index contributed by atoms with van der Waals surface area (Å²) in [6.07, 6.45) is 1.99. The summed E-state index contributed by atoms with van der Waals surface area (Å²) in [5.74, 6) is 1.51. The standard InChI is InChI=1S/C22H22N6O3/c1-10-9-28-19-15(26-21(28)12-4-5-16-14(6-12)27-22(24)31-16)7-13(8-17(19)30-10)25-18(20(23)29)11-2-3-11/h4-8,10-11,18,25H,2-3,9H2,1H3,(H2,23,29)(H2,24,27)/t10-,18?/m1/s1. The second-order valence-corrected chi connectivity index (χ2v) is 8.41. The lowest BCUT2D eigenvalue weighted by Gasteiger charge is -2.25. The molecule has 0 bridgehead atoms. The Morgan fingerprint density at radius 2 is 2.06 bits per heavy atom. The van der Waals surface area contributed by atoms with Crippen LogP contribution in [0.5, 0.6) is 5.75 Å². The lowest BCUT2D eigenvalue weighted by atomic mass is 10.1. The van der Waals surface area contributed by atoms with Gasteiger partial charge in [-0.2, -0.15) is 4.98 Å². The van der Waals surface area contributed by atoms with E-state index in [1.54, 1.807) is 0 Å². The maximum Gasteiger partial charge on any atom is 0.292 e. The summed E-state index contributed by atoms with van der Waals surface area (Å²) in [5.41, 5.74) is 16.1. The van der Waals surface area contributed by atoms with Gasteiger partial charge >= 0.3 is 0 Å². The molecule has 0 spiro atoms. The highest BCUT2D eigenvalue weighted by Crippen LogP contribution is 2.40. The van der Waals surface area contributed by atoms with Crippen LogP contribution in [0.2, 0.25) is 0 Å². The molecule has 1 fully saturated rings. The fraction of sp³-hybridized carbons (Fsp3) is 0.318. The lowest BCUT2D eigenvalue weighted by Crippen LogP contribution is -2.37. The lowest BCUT2D eigenvalue weighted by molar-refractivity contribution is -0.119. The van der Waals surface area contributed by atoms with Gasteiger partial charge in [-0.05, 0) is 49.9 Å². The number of fused-ring (bicyclic) bond motifs is 1. The number of hydrogen-bond donors (Lipinski definition) is 3. The van der Waals surface area contributed by atoms with E-state index in [1.165, 1.54) is 0 Å². The Kier molecular flexibility index (Phi) is 3.71. The Bertz CT molecular complexity index is 1350. The van der Waals surface area contributed by atoms with Gasteiger partial charge in [-0.1, -0.05) is 0 Å². The fourth-order valence-corrected chi connectivity index (χ4v) is 4.43. The smallest absolute Gasteiger partial charge is 0.292 e. The molecular weight excluding hydrogens is 396 g/mol. The summed E-state index contributed by atoms with van der Waals surface area (Å²) in [4.78, 5) is 21.1. The molecule has 1 aliphatic heterocycles. The van der Waals surface area contributed by atoms with Crippen LogP contribution in [0.15, 0.2) is 34.7 Å². The minimum atomic E-state index is -0.382. The van der Waals surface area contributed by atoms with Crippen molar-refractivity contribution in [2.45, 2.75) is 38.5 Å². The van der Waals surface area contributed by atoms with E-state index in [-0.39, 0.29) is 24.1 Å². The molecule has 31 heavy (non-hydrogen) atoms. The number of nitrogens with zero attached hydrogens (tertiary/aromatic N) is 3. The van der Waals surface area contributed by atoms with Crippen LogP contribution in [0.4, 0.5) is 11.7 Å². The third-order valence-electron chi connectivity index (χ3n) is 5.96. The van der Waals surface area contributed by atoms with Gasteiger partial charge in [0.05, 0.1) is 12.1 Å². The van der Waals surface area contributed by atoms with Crippen LogP contribution in [-0.4, -0.2) is 32.6 Å². The first-order valence-corrected chi connectivity index (χ1v) is 10.4. The van der Waals surface area contributed by atoms with Gasteiger partial charge in [0.15, 0.2) is 5.58 Å². The highest BCUT2D eigenvalue weighted by Gasteiger charge is 2.35. The summed E-state index contributed by atoms with van der Waals surface area (Å²) >= 11 is 0. The summed E-state index contributed by atoms with van der Waals surface area (Å²) in [6, 6.07) is 9.36. The van der Waals surface area contributed by atoms with E-state index in [1.807, 2.05) is 37.3 Å². The monoisotopic (exact) mass is 418 g/mol. The average molecular weight is 418 g/mol. The van der Waals surface area contributed by atoms with E-state index in [4.69, 9.17) is 25.6 Å². The Hall–Kier alpha value is -3.75. The topological polar surface area (TPSA) is 134 Å². The first kappa shape index (κ1) is 18.1. The van der Waals surface area contributed by atoms with Crippen LogP contribution in [-0.2, 0) is 11.3 Å². The molecule has 2 atom stereocenters. The van der Waals surface area contributed by atoms with E-state index >= 15 is 0 Å². The molecule has 1 amide bonds. The zero-order chi connectivity index (χ0) is 21.3. The van der Waals surface area contributed by atoms with E-state index in [0.29, 0.717) is 23.6 Å². The molecule has 4 aromatic rings. The minimum absolute atomic E-state index is 0.0271. The van der Waals surface area contributed by atoms with Crippen molar-refractivity contribution in [1.29, 1.82) is 0 Å². The number of anilines is 2. The van der Waals surface area contributed by atoms with Crippen LogP contribution in [0.1, 0.15) is 19.8 Å². The quantitative estimate of drug-likeness (QED) is 0.454. The molecule has 5 N–H and O–H groups in total. The highest BCUT2D eigenvalue weighted by atomic mass is 16.5. The van der Waals surface area contributed by atoms with Crippen molar-refractivity contribution >= 4 is 39.7 Å². The van der Waals surface area contributed by atoms with Crippen LogP contribution >= 0.6 is 0 Å². The molecule has 1 aliphatic carbocycles. The minimum Gasteiger partial charge on any atom is -0.487 e. The van der Waals surface area contributed by atoms with Gasteiger partial charge < -0.3 is 30.5 Å². The molecule has 9 heteroatoms. The second-order valence-electron chi connectivity index (χ2n) is 8.41. The summed E-state index contributed by atoms with van der Waals surface area (Å²) in [5, 5.41) is 3.30. The number of nitrogen functional groups attached to an aromatic ring is 1. The molecule has 158 valence electrons. The number of rotatable bonds is 5. The van der Waals surface area contributed by atoms with E-state index in [9.17, 15) is 4.79 Å². The molecular formula is C22H22N6O3. The maximum atomic E-state index is 11.9. The Morgan fingerprint density at radius 3 is 2.84 bits per heavy atom. The predicted octanol–water partition coefficient (Wildman–Crippen LogP) is 2.88. The number of ether oxygens (including phenoxy) is 1. The third-order valence-corrected chi connectivity index (χ3v) is 5.96. The van der Waals surface area contributed by atoms with Crippen molar-refractivity contribution in [2.24, 2.45) is 11.7 Å². The van der Waals surface area contributed by atoms with Gasteiger partial charge in [0.1, 0.15) is 34.8 Å². The summed E-state index contributed by atoms with van der Waals surface area (Å²) < 4.78 is 13.7. The zero-order valence-electron chi connectivity index (χ0n) is 17.0. The number of hydrogen-bond acceptors (Lipinski definition) is 7. The molecule has 3 heterocycles.